The highest BCUT2D eigenvalue weighted by Crippen LogP contribution is 2.46. The number of carbonyl (C=O) groups is 2. The molecule has 0 aliphatic carbocycles. The molecule has 7 nitrogen and oxygen atoms in total. The van der Waals surface area contributed by atoms with E-state index in [4.69, 9.17) is 23.4 Å². The number of rotatable bonds is 15. The number of ether oxygens (including phenoxy) is 4. The average Bonchev–Trinajstić information content (AvgIpc) is 3.54. The number of benzene rings is 4. The lowest BCUT2D eigenvalue weighted by Crippen LogP contribution is -2.43. The van der Waals surface area contributed by atoms with Crippen LogP contribution in [0.1, 0.15) is 75.5 Å². The second-order valence-corrected chi connectivity index (χ2v) is 20.7. The van der Waals surface area contributed by atoms with Gasteiger partial charge in [0.2, 0.25) is 8.32 Å². The largest absolute Gasteiger partial charge is 0.544 e. The molecular formula is C47H54O7Si. The molecule has 8 heteroatoms. The van der Waals surface area contributed by atoms with Gasteiger partial charge in [-0.25, -0.2) is 4.79 Å². The topological polar surface area (TPSA) is 80.3 Å². The molecule has 2 aliphatic heterocycles. The van der Waals surface area contributed by atoms with Gasteiger partial charge in [0.1, 0.15) is 35.4 Å². The highest BCUT2D eigenvalue weighted by Gasteiger charge is 2.49. The van der Waals surface area contributed by atoms with Crippen LogP contribution in [0.4, 0.5) is 0 Å². The third kappa shape index (κ3) is 8.78. The van der Waals surface area contributed by atoms with Crippen LogP contribution in [0.15, 0.2) is 140 Å². The van der Waals surface area contributed by atoms with Gasteiger partial charge in [-0.15, -0.1) is 0 Å². The number of hydrogen-bond acceptors (Lipinski definition) is 7. The Kier molecular flexibility index (Phi) is 12.4. The first-order valence-electron chi connectivity index (χ1n) is 19.4. The molecule has 0 aromatic heterocycles. The maximum atomic E-state index is 12.4. The molecule has 0 amide bonds. The molecule has 2 aliphatic rings. The standard InChI is InChI=1S/C47H54O7Si/c1-7-35-25-28-43(49)51-41(35)29-31-46(42(30-33-48)52-44(53-46)36-23-26-40(27-24-36)54-55(5,6)45(2,3)4)32-34-50-47(37-17-11-8-12-18-37,38-19-13-9-14-20-38)39-21-15-10-16-22-39/h8-29,31,33,35,41-42,44H,7,30,32,34H2,1-6H3/b31-29+/t35-,41-,42+,44+,46-/m0/s1. The minimum atomic E-state index is -2.05. The molecule has 4 aromatic rings. The molecule has 6 rings (SSSR count). The van der Waals surface area contributed by atoms with Crippen LogP contribution in [-0.2, 0) is 34.1 Å². The molecular weight excluding hydrogens is 705 g/mol. The number of hydrogen-bond donors (Lipinski definition) is 0. The van der Waals surface area contributed by atoms with Crippen molar-refractivity contribution < 1.29 is 33.0 Å². The predicted octanol–water partition coefficient (Wildman–Crippen LogP) is 10.3. The Hall–Kier alpha value is -4.60. The molecule has 2 heterocycles. The molecule has 0 spiro atoms. The molecule has 0 bridgehead atoms. The lowest BCUT2D eigenvalue weighted by molar-refractivity contribution is -0.143. The number of esters is 1. The van der Waals surface area contributed by atoms with E-state index in [9.17, 15) is 9.59 Å². The van der Waals surface area contributed by atoms with Crippen LogP contribution < -0.4 is 4.43 Å². The summed E-state index contributed by atoms with van der Waals surface area (Å²) in [5.74, 6) is 0.412. The number of cyclic esters (lactones) is 1. The lowest BCUT2D eigenvalue weighted by atomic mass is 9.80. The average molecular weight is 759 g/mol. The Morgan fingerprint density at radius 2 is 1.38 bits per heavy atom. The summed E-state index contributed by atoms with van der Waals surface area (Å²) in [5.41, 5.74) is 1.69. The first-order valence-corrected chi connectivity index (χ1v) is 22.3. The lowest BCUT2D eigenvalue weighted by Gasteiger charge is -2.38. The predicted molar refractivity (Wildman–Crippen MR) is 218 cm³/mol. The SMILES string of the molecule is CC[C@H]1C=CC(=O)O[C@H]1/C=C/[C@@]1(CCOC(c2ccccc2)(c2ccccc2)c2ccccc2)O[C@H](c2ccc(O[Si](C)(C)C(C)(C)C)cc2)O[C@@H]1CC=O. The van der Waals surface area contributed by atoms with Gasteiger partial charge in [0, 0.05) is 30.4 Å². The van der Waals surface area contributed by atoms with E-state index in [0.717, 1.165) is 40.7 Å². The molecule has 288 valence electrons. The van der Waals surface area contributed by atoms with Gasteiger partial charge in [0.15, 0.2) is 6.29 Å². The van der Waals surface area contributed by atoms with Gasteiger partial charge in [-0.3, -0.25) is 0 Å². The van der Waals surface area contributed by atoms with E-state index in [-0.39, 0.29) is 30.0 Å². The maximum absolute atomic E-state index is 12.4. The second kappa shape index (κ2) is 17.0. The summed E-state index contributed by atoms with van der Waals surface area (Å²) in [6.07, 6.45) is 7.39. The summed E-state index contributed by atoms with van der Waals surface area (Å²) in [7, 11) is -2.05. The fourth-order valence-corrected chi connectivity index (χ4v) is 8.19. The molecule has 1 fully saturated rings. The van der Waals surface area contributed by atoms with Crippen molar-refractivity contribution in [2.45, 2.75) is 94.8 Å². The fraction of sp³-hybridized carbons (Fsp3) is 0.362. The normalized spacial score (nSPS) is 23.1. The molecule has 4 aromatic carbocycles. The summed E-state index contributed by atoms with van der Waals surface area (Å²) in [5, 5.41) is 0.0533. The number of carbonyl (C=O) groups excluding carboxylic acids is 2. The van der Waals surface area contributed by atoms with Gasteiger partial charge in [-0.2, -0.15) is 0 Å². The zero-order valence-electron chi connectivity index (χ0n) is 32.9. The summed E-state index contributed by atoms with van der Waals surface area (Å²) >= 11 is 0. The van der Waals surface area contributed by atoms with Gasteiger partial charge in [-0.05, 0) is 59.5 Å². The van der Waals surface area contributed by atoms with E-state index in [1.165, 1.54) is 6.08 Å². The van der Waals surface area contributed by atoms with E-state index in [1.54, 1.807) is 0 Å². The van der Waals surface area contributed by atoms with Crippen molar-refractivity contribution in [2.75, 3.05) is 6.61 Å². The Bertz CT molecular complexity index is 1820. The molecule has 1 saturated heterocycles. The Labute approximate surface area is 327 Å². The summed E-state index contributed by atoms with van der Waals surface area (Å²) in [4.78, 5) is 24.7. The third-order valence-corrected chi connectivity index (χ3v) is 15.7. The Morgan fingerprint density at radius 1 is 0.818 bits per heavy atom. The highest BCUT2D eigenvalue weighted by molar-refractivity contribution is 6.74. The minimum Gasteiger partial charge on any atom is -0.544 e. The number of aldehydes is 1. The molecule has 5 atom stereocenters. The Balaban J connectivity index is 1.37. The van der Waals surface area contributed by atoms with Crippen molar-refractivity contribution in [1.29, 1.82) is 0 Å². The van der Waals surface area contributed by atoms with Gasteiger partial charge in [-0.1, -0.05) is 143 Å². The van der Waals surface area contributed by atoms with Crippen LogP contribution in [0.25, 0.3) is 0 Å². The summed E-state index contributed by atoms with van der Waals surface area (Å²) in [6, 6.07) is 38.5. The fourth-order valence-electron chi connectivity index (χ4n) is 7.16. The van der Waals surface area contributed by atoms with Gasteiger partial charge < -0.3 is 28.2 Å². The van der Waals surface area contributed by atoms with Crippen LogP contribution in [0, 0.1) is 5.92 Å². The third-order valence-electron chi connectivity index (χ3n) is 11.3. The second-order valence-electron chi connectivity index (χ2n) is 15.9. The summed E-state index contributed by atoms with van der Waals surface area (Å²) in [6.45, 7) is 13.4. The van der Waals surface area contributed by atoms with Gasteiger partial charge in [0.05, 0.1) is 6.61 Å². The Morgan fingerprint density at radius 3 is 1.89 bits per heavy atom. The van der Waals surface area contributed by atoms with E-state index in [2.05, 4.69) is 77.2 Å². The van der Waals surface area contributed by atoms with Crippen molar-refractivity contribution in [2.24, 2.45) is 5.92 Å². The maximum Gasteiger partial charge on any atom is 0.331 e. The first-order chi connectivity index (χ1) is 26.4. The van der Waals surface area contributed by atoms with E-state index < -0.39 is 38.0 Å². The summed E-state index contributed by atoms with van der Waals surface area (Å²) < 4.78 is 33.2. The van der Waals surface area contributed by atoms with Crippen LogP contribution in [0.5, 0.6) is 5.75 Å². The van der Waals surface area contributed by atoms with Crippen molar-refractivity contribution in [3.05, 3.63) is 162 Å². The van der Waals surface area contributed by atoms with Crippen molar-refractivity contribution in [1.82, 2.24) is 0 Å². The molecule has 0 radical (unpaired) electrons. The van der Waals surface area contributed by atoms with Gasteiger partial charge in [0.25, 0.3) is 0 Å². The molecule has 0 saturated carbocycles. The van der Waals surface area contributed by atoms with Crippen LogP contribution >= 0.6 is 0 Å². The smallest absolute Gasteiger partial charge is 0.331 e. The molecule has 0 N–H and O–H groups in total. The van der Waals surface area contributed by atoms with E-state index >= 15 is 0 Å². The monoisotopic (exact) mass is 758 g/mol. The van der Waals surface area contributed by atoms with Crippen molar-refractivity contribution in [3.63, 3.8) is 0 Å². The zero-order chi connectivity index (χ0) is 39.1. The van der Waals surface area contributed by atoms with Gasteiger partial charge >= 0.3 is 5.97 Å². The quantitative estimate of drug-likeness (QED) is 0.0393. The minimum absolute atomic E-state index is 0.000208. The van der Waals surface area contributed by atoms with Crippen LogP contribution in [-0.4, -0.2) is 45.0 Å². The van der Waals surface area contributed by atoms with E-state index in [0.29, 0.717) is 6.42 Å². The van der Waals surface area contributed by atoms with Crippen LogP contribution in [0.3, 0.4) is 0 Å². The van der Waals surface area contributed by atoms with E-state index in [1.807, 2.05) is 97.1 Å². The van der Waals surface area contributed by atoms with Crippen molar-refractivity contribution >= 4 is 20.6 Å². The molecule has 55 heavy (non-hydrogen) atoms. The van der Waals surface area contributed by atoms with Crippen molar-refractivity contribution in [3.8, 4) is 5.75 Å². The first kappa shape index (κ1) is 40.1. The molecule has 0 unspecified atom stereocenters. The highest BCUT2D eigenvalue weighted by atomic mass is 28.4. The van der Waals surface area contributed by atoms with Crippen LogP contribution in [0.2, 0.25) is 18.1 Å². The zero-order valence-corrected chi connectivity index (χ0v) is 33.9.